The molecule has 0 radical (unpaired) electrons. The Hall–Kier alpha value is -3.07. The van der Waals surface area contributed by atoms with Crippen molar-refractivity contribution in [3.63, 3.8) is 0 Å². The lowest BCUT2D eigenvalue weighted by atomic mass is 10.1. The minimum absolute atomic E-state index is 0.0567. The van der Waals surface area contributed by atoms with Crippen LogP contribution in [0.1, 0.15) is 5.56 Å². The molecule has 138 valence electrons. The van der Waals surface area contributed by atoms with Crippen molar-refractivity contribution in [1.29, 1.82) is 0 Å². The Morgan fingerprint density at radius 1 is 0.923 bits per heavy atom. The highest BCUT2D eigenvalue weighted by atomic mass is 32.2. The third-order valence-electron chi connectivity index (χ3n) is 3.54. The summed E-state index contributed by atoms with van der Waals surface area (Å²) in [5.74, 6) is 1.26. The molecule has 0 spiro atoms. The van der Waals surface area contributed by atoms with E-state index in [1.54, 1.807) is 12.1 Å². The number of nitro groups is 1. The highest BCUT2D eigenvalue weighted by Crippen LogP contribution is 2.35. The smallest absolute Gasteiger partial charge is 0.269 e. The summed E-state index contributed by atoms with van der Waals surface area (Å²) in [5, 5.41) is 11.7. The van der Waals surface area contributed by atoms with E-state index in [0.717, 1.165) is 17.5 Å². The van der Waals surface area contributed by atoms with Gasteiger partial charge in [0.2, 0.25) is 0 Å². The summed E-state index contributed by atoms with van der Waals surface area (Å²) in [7, 11) is 0.598. The summed E-state index contributed by atoms with van der Waals surface area (Å²) < 4.78 is 40.4. The minimum atomic E-state index is -3.79. The zero-order valence-electron chi connectivity index (χ0n) is 14.3. The molecule has 0 aliphatic heterocycles. The van der Waals surface area contributed by atoms with Gasteiger partial charge in [0.1, 0.15) is 5.75 Å². The number of hydrogen-bond acceptors (Lipinski definition) is 7. The van der Waals surface area contributed by atoms with Crippen LogP contribution >= 0.6 is 0 Å². The Balaban J connectivity index is 2.39. The Kier molecular flexibility index (Phi) is 5.83. The highest BCUT2D eigenvalue weighted by Gasteiger charge is 2.15. The maximum absolute atomic E-state index is 12.4. The molecule has 0 saturated carbocycles. The normalized spacial score (nSPS) is 11.3. The molecule has 0 fully saturated rings. The SMILES string of the molecule is COc1cc(OC)c(OC)cc1/C=C/S(=O)(=O)c1ccc([N+](=O)[O-])cc1. The van der Waals surface area contributed by atoms with Crippen LogP contribution in [0.4, 0.5) is 5.69 Å². The van der Waals surface area contributed by atoms with E-state index in [2.05, 4.69) is 0 Å². The fourth-order valence-corrected chi connectivity index (χ4v) is 3.18. The van der Waals surface area contributed by atoms with Crippen molar-refractivity contribution in [2.75, 3.05) is 21.3 Å². The van der Waals surface area contributed by atoms with Crippen molar-refractivity contribution in [3.05, 3.63) is 57.5 Å². The molecule has 8 nitrogen and oxygen atoms in total. The van der Waals surface area contributed by atoms with Gasteiger partial charge in [-0.3, -0.25) is 10.1 Å². The van der Waals surface area contributed by atoms with E-state index < -0.39 is 14.8 Å². The summed E-state index contributed by atoms with van der Waals surface area (Å²) in [6.07, 6.45) is 1.36. The second-order valence-corrected chi connectivity index (χ2v) is 6.88. The molecular weight excluding hydrogens is 362 g/mol. The molecule has 2 aromatic carbocycles. The van der Waals surface area contributed by atoms with E-state index >= 15 is 0 Å². The van der Waals surface area contributed by atoms with Crippen LogP contribution in [0.15, 0.2) is 46.7 Å². The molecule has 0 aromatic heterocycles. The van der Waals surface area contributed by atoms with Gasteiger partial charge >= 0.3 is 0 Å². The highest BCUT2D eigenvalue weighted by molar-refractivity contribution is 7.94. The zero-order valence-corrected chi connectivity index (χ0v) is 15.1. The average Bonchev–Trinajstić information content (AvgIpc) is 2.65. The van der Waals surface area contributed by atoms with E-state index in [-0.39, 0.29) is 10.6 Å². The molecule has 2 aromatic rings. The molecule has 0 aliphatic carbocycles. The third kappa shape index (κ3) is 4.12. The zero-order chi connectivity index (χ0) is 19.3. The van der Waals surface area contributed by atoms with Gasteiger partial charge in [-0.15, -0.1) is 0 Å². The van der Waals surface area contributed by atoms with Gasteiger partial charge in [-0.25, -0.2) is 8.42 Å². The number of rotatable bonds is 7. The van der Waals surface area contributed by atoms with Crippen LogP contribution in [0.25, 0.3) is 6.08 Å². The van der Waals surface area contributed by atoms with Crippen molar-refractivity contribution in [2.24, 2.45) is 0 Å². The minimum Gasteiger partial charge on any atom is -0.496 e. The molecule has 0 heterocycles. The number of hydrogen-bond donors (Lipinski definition) is 0. The molecule has 0 atom stereocenters. The molecular formula is C17H17NO7S. The number of non-ortho nitro benzene ring substituents is 1. The Bertz CT molecular complexity index is 934. The molecule has 0 aliphatic rings. The monoisotopic (exact) mass is 379 g/mol. The van der Waals surface area contributed by atoms with Gasteiger partial charge in [0, 0.05) is 29.2 Å². The van der Waals surface area contributed by atoms with E-state index in [9.17, 15) is 18.5 Å². The standard InChI is InChI=1S/C17H17NO7S/c1-23-15-11-17(25-3)16(24-2)10-12(15)8-9-26(21,22)14-6-4-13(5-7-14)18(19)20/h4-11H,1-3H3/b9-8+. The van der Waals surface area contributed by atoms with Crippen molar-refractivity contribution >= 4 is 21.6 Å². The molecule has 0 saturated heterocycles. The van der Waals surface area contributed by atoms with Gasteiger partial charge in [0.15, 0.2) is 21.3 Å². The summed E-state index contributed by atoms with van der Waals surface area (Å²) in [5.41, 5.74) is 0.283. The van der Waals surface area contributed by atoms with Gasteiger partial charge in [0.25, 0.3) is 5.69 Å². The first kappa shape index (κ1) is 19.3. The summed E-state index contributed by atoms with van der Waals surface area (Å²) >= 11 is 0. The van der Waals surface area contributed by atoms with Crippen molar-refractivity contribution in [2.45, 2.75) is 4.90 Å². The van der Waals surface area contributed by atoms with Crippen LogP contribution in [0.5, 0.6) is 17.2 Å². The predicted octanol–water partition coefficient (Wildman–Crippen LogP) is 3.07. The number of methoxy groups -OCH3 is 3. The van der Waals surface area contributed by atoms with Gasteiger partial charge < -0.3 is 14.2 Å². The van der Waals surface area contributed by atoms with E-state index in [0.29, 0.717) is 22.8 Å². The molecule has 9 heteroatoms. The molecule has 0 N–H and O–H groups in total. The average molecular weight is 379 g/mol. The van der Waals surface area contributed by atoms with Gasteiger partial charge in [-0.05, 0) is 24.3 Å². The van der Waals surface area contributed by atoms with Gasteiger partial charge in [-0.1, -0.05) is 0 Å². The van der Waals surface area contributed by atoms with Crippen LogP contribution in [0.3, 0.4) is 0 Å². The maximum atomic E-state index is 12.4. The van der Waals surface area contributed by atoms with Crippen molar-refractivity contribution in [3.8, 4) is 17.2 Å². The Morgan fingerprint density at radius 2 is 1.46 bits per heavy atom. The second-order valence-electron chi connectivity index (χ2n) is 5.05. The number of ether oxygens (including phenoxy) is 3. The first-order valence-electron chi connectivity index (χ1n) is 7.30. The Morgan fingerprint density at radius 3 is 1.96 bits per heavy atom. The van der Waals surface area contributed by atoms with E-state index in [4.69, 9.17) is 14.2 Å². The second kappa shape index (κ2) is 7.87. The first-order chi connectivity index (χ1) is 12.3. The van der Waals surface area contributed by atoms with Crippen LogP contribution < -0.4 is 14.2 Å². The van der Waals surface area contributed by atoms with Crippen molar-refractivity contribution < 1.29 is 27.6 Å². The summed E-state index contributed by atoms with van der Waals surface area (Å²) in [4.78, 5) is 10.0. The third-order valence-corrected chi connectivity index (χ3v) is 4.96. The molecule has 2 rings (SSSR count). The molecule has 0 bridgehead atoms. The van der Waals surface area contributed by atoms with Gasteiger partial charge in [0.05, 0.1) is 31.1 Å². The molecule has 26 heavy (non-hydrogen) atoms. The Labute approximate surface area is 150 Å². The lowest BCUT2D eigenvalue weighted by Crippen LogP contribution is -1.98. The first-order valence-corrected chi connectivity index (χ1v) is 8.84. The van der Waals surface area contributed by atoms with E-state index in [1.807, 2.05) is 0 Å². The van der Waals surface area contributed by atoms with Crippen LogP contribution in [-0.2, 0) is 9.84 Å². The number of nitro benzene ring substituents is 1. The van der Waals surface area contributed by atoms with Crippen molar-refractivity contribution in [1.82, 2.24) is 0 Å². The fourth-order valence-electron chi connectivity index (χ4n) is 2.18. The topological polar surface area (TPSA) is 105 Å². The summed E-state index contributed by atoms with van der Waals surface area (Å²) in [6, 6.07) is 7.80. The van der Waals surface area contributed by atoms with Crippen LogP contribution in [-0.4, -0.2) is 34.7 Å². The summed E-state index contributed by atoms with van der Waals surface area (Å²) in [6.45, 7) is 0. The fraction of sp³-hybridized carbons (Fsp3) is 0.176. The molecule has 0 amide bonds. The number of nitrogens with zero attached hydrogens (tertiary/aromatic N) is 1. The van der Waals surface area contributed by atoms with Gasteiger partial charge in [-0.2, -0.15) is 0 Å². The number of sulfone groups is 1. The number of benzene rings is 2. The molecule has 0 unspecified atom stereocenters. The predicted molar refractivity (Wildman–Crippen MR) is 95.4 cm³/mol. The quantitative estimate of drug-likeness (QED) is 0.538. The lowest BCUT2D eigenvalue weighted by Gasteiger charge is -2.12. The lowest BCUT2D eigenvalue weighted by molar-refractivity contribution is -0.384. The van der Waals surface area contributed by atoms with Crippen LogP contribution in [0, 0.1) is 10.1 Å². The largest absolute Gasteiger partial charge is 0.496 e. The van der Waals surface area contributed by atoms with E-state index in [1.165, 1.54) is 39.5 Å². The maximum Gasteiger partial charge on any atom is 0.269 e. The van der Waals surface area contributed by atoms with Crippen LogP contribution in [0.2, 0.25) is 0 Å².